The van der Waals surface area contributed by atoms with E-state index in [9.17, 15) is 14.4 Å². The maximum atomic E-state index is 13.5. The zero-order valence-corrected chi connectivity index (χ0v) is 16.4. The molecule has 0 aromatic carbocycles. The van der Waals surface area contributed by atoms with Gasteiger partial charge in [-0.25, -0.2) is 0 Å². The maximum Gasteiger partial charge on any atom is 0.317 e. The summed E-state index contributed by atoms with van der Waals surface area (Å²) >= 11 is 3.05. The van der Waals surface area contributed by atoms with Crippen LogP contribution in [-0.4, -0.2) is 24.3 Å². The quantitative estimate of drug-likeness (QED) is 0.628. The molecule has 1 N–H and O–H groups in total. The number of carbonyl (C=O) groups excluding carboxylic acids is 3. The molecule has 4 rings (SSSR count). The van der Waals surface area contributed by atoms with Gasteiger partial charge < -0.3 is 10.1 Å². The van der Waals surface area contributed by atoms with Gasteiger partial charge in [-0.15, -0.1) is 11.3 Å². The molecule has 1 aliphatic heterocycles. The van der Waals surface area contributed by atoms with Crippen LogP contribution < -0.4 is 5.32 Å². The van der Waals surface area contributed by atoms with E-state index >= 15 is 0 Å². The van der Waals surface area contributed by atoms with Gasteiger partial charge in [-0.1, -0.05) is 6.07 Å². The summed E-state index contributed by atoms with van der Waals surface area (Å²) in [6.07, 6.45) is 0.679. The largest absolute Gasteiger partial charge is 0.465 e. The topological polar surface area (TPSA) is 72.5 Å². The van der Waals surface area contributed by atoms with Crippen LogP contribution in [0.15, 0.2) is 45.6 Å². The molecule has 1 aliphatic carbocycles. The molecule has 2 aliphatic rings. The molecular weight excluding hydrogens is 382 g/mol. The molecule has 0 unspecified atom stereocenters. The molecule has 0 radical (unpaired) electrons. The molecule has 3 heterocycles. The first-order chi connectivity index (χ1) is 13.1. The van der Waals surface area contributed by atoms with Crippen molar-refractivity contribution >= 4 is 40.3 Å². The Hall–Kier alpha value is -2.25. The molecule has 0 saturated carbocycles. The third-order valence-electron chi connectivity index (χ3n) is 5.12. The summed E-state index contributed by atoms with van der Waals surface area (Å²) < 4.78 is 5.24. The van der Waals surface area contributed by atoms with Gasteiger partial charge in [0.05, 0.1) is 6.61 Å². The minimum Gasteiger partial charge on any atom is -0.465 e. The second-order valence-electron chi connectivity index (χ2n) is 6.67. The van der Waals surface area contributed by atoms with Gasteiger partial charge in [-0.2, -0.15) is 11.3 Å². The Labute approximate surface area is 165 Å². The van der Waals surface area contributed by atoms with Crippen molar-refractivity contribution in [2.24, 2.45) is 5.92 Å². The van der Waals surface area contributed by atoms with Crippen LogP contribution in [0.3, 0.4) is 0 Å². The molecule has 0 bridgehead atoms. The van der Waals surface area contributed by atoms with Gasteiger partial charge in [0.1, 0.15) is 5.92 Å². The number of thiophene rings is 2. The number of amides is 1. The van der Waals surface area contributed by atoms with E-state index in [1.807, 2.05) is 34.3 Å². The SMILES string of the molecule is CCOC(=O)[C@H]1C(=O)C2=C(C[C@H]1c1cccs1)NC(=O)C[C@H]2c1ccsc1. The lowest BCUT2D eigenvalue weighted by molar-refractivity contribution is -0.152. The van der Waals surface area contributed by atoms with E-state index < -0.39 is 11.9 Å². The number of nitrogens with one attached hydrogen (secondary N) is 1. The molecule has 3 atom stereocenters. The van der Waals surface area contributed by atoms with Crippen LogP contribution in [-0.2, 0) is 19.1 Å². The predicted molar refractivity (Wildman–Crippen MR) is 104 cm³/mol. The van der Waals surface area contributed by atoms with Gasteiger partial charge >= 0.3 is 5.97 Å². The first-order valence-corrected chi connectivity index (χ1v) is 10.7. The first-order valence-electron chi connectivity index (χ1n) is 8.89. The Kier molecular flexibility index (Phi) is 4.97. The highest BCUT2D eigenvalue weighted by molar-refractivity contribution is 7.10. The molecule has 7 heteroatoms. The average molecular weight is 402 g/mol. The highest BCUT2D eigenvalue weighted by Gasteiger charge is 2.48. The van der Waals surface area contributed by atoms with Crippen LogP contribution in [0.5, 0.6) is 0 Å². The fourth-order valence-electron chi connectivity index (χ4n) is 3.98. The van der Waals surface area contributed by atoms with Crippen LogP contribution in [0.25, 0.3) is 0 Å². The number of rotatable bonds is 4. The van der Waals surface area contributed by atoms with Crippen LogP contribution in [0.1, 0.15) is 42.0 Å². The number of allylic oxidation sites excluding steroid dienone is 2. The van der Waals surface area contributed by atoms with Crippen molar-refractivity contribution in [3.8, 4) is 0 Å². The Balaban J connectivity index is 1.80. The molecule has 27 heavy (non-hydrogen) atoms. The molecule has 0 spiro atoms. The third-order valence-corrected chi connectivity index (χ3v) is 6.83. The Morgan fingerprint density at radius 3 is 2.78 bits per heavy atom. The molecular formula is C20H19NO4S2. The van der Waals surface area contributed by atoms with Crippen molar-refractivity contribution < 1.29 is 19.1 Å². The summed E-state index contributed by atoms with van der Waals surface area (Å²) in [4.78, 5) is 39.4. The van der Waals surface area contributed by atoms with Gasteiger partial charge in [0.2, 0.25) is 5.91 Å². The summed E-state index contributed by atoms with van der Waals surface area (Å²) in [5.41, 5.74) is 2.18. The fourth-order valence-corrected chi connectivity index (χ4v) is 5.56. The van der Waals surface area contributed by atoms with Crippen molar-refractivity contribution in [1.29, 1.82) is 0 Å². The minimum absolute atomic E-state index is 0.0859. The van der Waals surface area contributed by atoms with E-state index in [2.05, 4.69) is 5.32 Å². The van der Waals surface area contributed by atoms with Gasteiger partial charge in [0.15, 0.2) is 5.78 Å². The van der Waals surface area contributed by atoms with Crippen LogP contribution in [0, 0.1) is 5.92 Å². The molecule has 140 valence electrons. The monoisotopic (exact) mass is 401 g/mol. The zero-order valence-electron chi connectivity index (χ0n) is 14.8. The number of carbonyl (C=O) groups is 3. The fraction of sp³-hybridized carbons (Fsp3) is 0.350. The third kappa shape index (κ3) is 3.26. The molecule has 2 aromatic rings. The van der Waals surface area contributed by atoms with E-state index in [4.69, 9.17) is 4.74 Å². The predicted octanol–water partition coefficient (Wildman–Crippen LogP) is 3.60. The normalized spacial score (nSPS) is 25.1. The molecule has 5 nitrogen and oxygen atoms in total. The summed E-state index contributed by atoms with van der Waals surface area (Å²) in [5, 5.41) is 8.73. The Bertz CT molecular complexity index is 899. The number of hydrogen-bond donors (Lipinski definition) is 1. The van der Waals surface area contributed by atoms with E-state index in [1.54, 1.807) is 6.92 Å². The standard InChI is InChI=1S/C20H19NO4S2/c1-2-25-20(24)18-13(15-4-3-6-27-15)8-14-17(19(18)23)12(9-16(22)21-14)11-5-7-26-10-11/h3-7,10,12-13,18H,2,8-9H2,1H3,(H,21,22)/t12-,13-,18+/m0/s1. The minimum atomic E-state index is -0.863. The van der Waals surface area contributed by atoms with Crippen molar-refractivity contribution in [2.45, 2.75) is 31.6 Å². The summed E-state index contributed by atoms with van der Waals surface area (Å²) in [6.45, 7) is 1.97. The second kappa shape index (κ2) is 7.40. The van der Waals surface area contributed by atoms with Gasteiger partial charge in [0.25, 0.3) is 0 Å². The highest BCUT2D eigenvalue weighted by atomic mass is 32.1. The number of esters is 1. The number of ketones is 1. The highest BCUT2D eigenvalue weighted by Crippen LogP contribution is 2.46. The zero-order chi connectivity index (χ0) is 19.0. The van der Waals surface area contributed by atoms with E-state index in [0.29, 0.717) is 17.7 Å². The van der Waals surface area contributed by atoms with Crippen molar-refractivity contribution in [1.82, 2.24) is 5.32 Å². The second-order valence-corrected chi connectivity index (χ2v) is 8.43. The Morgan fingerprint density at radius 2 is 2.11 bits per heavy atom. The van der Waals surface area contributed by atoms with Gasteiger partial charge in [-0.3, -0.25) is 14.4 Å². The lowest BCUT2D eigenvalue weighted by Gasteiger charge is -2.37. The van der Waals surface area contributed by atoms with Crippen molar-refractivity contribution in [2.75, 3.05) is 6.61 Å². The van der Waals surface area contributed by atoms with E-state index in [-0.39, 0.29) is 36.6 Å². The van der Waals surface area contributed by atoms with Gasteiger partial charge in [0, 0.05) is 34.4 Å². The Morgan fingerprint density at radius 1 is 1.26 bits per heavy atom. The number of hydrogen-bond acceptors (Lipinski definition) is 6. The molecule has 1 amide bonds. The summed E-state index contributed by atoms with van der Waals surface area (Å²) in [6, 6.07) is 5.78. The maximum absolute atomic E-state index is 13.5. The van der Waals surface area contributed by atoms with Crippen LogP contribution in [0.4, 0.5) is 0 Å². The smallest absolute Gasteiger partial charge is 0.317 e. The van der Waals surface area contributed by atoms with Crippen LogP contribution >= 0.6 is 22.7 Å². The molecule has 0 fully saturated rings. The van der Waals surface area contributed by atoms with E-state index in [0.717, 1.165) is 10.4 Å². The lowest BCUT2D eigenvalue weighted by Crippen LogP contribution is -2.44. The van der Waals surface area contributed by atoms with Crippen LogP contribution in [0.2, 0.25) is 0 Å². The van der Waals surface area contributed by atoms with Crippen molar-refractivity contribution in [3.63, 3.8) is 0 Å². The van der Waals surface area contributed by atoms with Gasteiger partial charge in [-0.05, 0) is 47.2 Å². The number of Topliss-reactive ketones (excluding diaryl/α,β-unsaturated/α-hetero) is 1. The lowest BCUT2D eigenvalue weighted by atomic mass is 9.70. The first kappa shape index (κ1) is 18.1. The average Bonchev–Trinajstić information content (AvgIpc) is 3.34. The molecule has 2 aromatic heterocycles. The van der Waals surface area contributed by atoms with E-state index in [1.165, 1.54) is 22.7 Å². The molecule has 0 saturated heterocycles. The summed E-state index contributed by atoms with van der Waals surface area (Å²) in [5.74, 6) is -2.25. The summed E-state index contributed by atoms with van der Waals surface area (Å²) in [7, 11) is 0. The van der Waals surface area contributed by atoms with Crippen molar-refractivity contribution in [3.05, 3.63) is 56.1 Å². The number of ether oxygens (including phenoxy) is 1.